The number of aliphatic hydroxyl groups excluding tert-OH is 1. The first-order chi connectivity index (χ1) is 8.04. The third kappa shape index (κ3) is 1.54. The number of hydrogen-bond acceptors (Lipinski definition) is 3. The van der Waals surface area contributed by atoms with Crippen LogP contribution in [0.25, 0.3) is 0 Å². The van der Waals surface area contributed by atoms with Crippen LogP contribution in [0.3, 0.4) is 0 Å². The Morgan fingerprint density at radius 3 is 1.88 bits per heavy atom. The van der Waals surface area contributed by atoms with Gasteiger partial charge in [0, 0.05) is 5.92 Å². The summed E-state index contributed by atoms with van der Waals surface area (Å²) in [5, 5.41) is 28.8. The second-order valence-electron chi connectivity index (χ2n) is 6.34. The molecule has 4 fully saturated rings. The molecule has 4 nitrogen and oxygen atoms in total. The highest BCUT2D eigenvalue weighted by Gasteiger charge is 2.58. The van der Waals surface area contributed by atoms with E-state index in [1.54, 1.807) is 0 Å². The van der Waals surface area contributed by atoms with E-state index in [0.29, 0.717) is 11.8 Å². The zero-order valence-electron chi connectivity index (χ0n) is 9.88. The summed E-state index contributed by atoms with van der Waals surface area (Å²) in [7, 11) is 0. The molecule has 0 aromatic carbocycles. The molecule has 0 radical (unpaired) electrons. The minimum absolute atomic E-state index is 0.238. The number of carboxylic acids is 1. The minimum Gasteiger partial charge on any atom is -0.479 e. The van der Waals surface area contributed by atoms with Gasteiger partial charge in [-0.15, -0.1) is 0 Å². The van der Waals surface area contributed by atoms with Crippen LogP contribution in [0.1, 0.15) is 32.1 Å². The Balaban J connectivity index is 1.91. The fourth-order valence-corrected chi connectivity index (χ4v) is 5.02. The van der Waals surface area contributed by atoms with Crippen LogP contribution in [0.15, 0.2) is 0 Å². The molecule has 96 valence electrons. The van der Waals surface area contributed by atoms with Crippen LogP contribution < -0.4 is 0 Å². The average molecular weight is 240 g/mol. The summed E-state index contributed by atoms with van der Waals surface area (Å²) in [5.74, 6) is 0.602. The van der Waals surface area contributed by atoms with Gasteiger partial charge in [0.1, 0.15) is 0 Å². The van der Waals surface area contributed by atoms with Gasteiger partial charge in [-0.05, 0) is 55.8 Å². The summed E-state index contributed by atoms with van der Waals surface area (Å²) >= 11 is 0. The van der Waals surface area contributed by atoms with Crippen molar-refractivity contribution in [3.8, 4) is 0 Å². The molecule has 0 saturated heterocycles. The highest BCUT2D eigenvalue weighted by molar-refractivity contribution is 5.78. The van der Waals surface area contributed by atoms with E-state index >= 15 is 0 Å². The highest BCUT2D eigenvalue weighted by atomic mass is 16.4. The smallest absolute Gasteiger partial charge is 0.338 e. The fourth-order valence-electron chi connectivity index (χ4n) is 5.02. The number of rotatable bonds is 3. The first-order valence-electron chi connectivity index (χ1n) is 6.61. The molecule has 4 rings (SSSR count). The molecule has 0 aromatic heterocycles. The summed E-state index contributed by atoms with van der Waals surface area (Å²) < 4.78 is 0. The molecule has 4 heteroatoms. The summed E-state index contributed by atoms with van der Waals surface area (Å²) in [4.78, 5) is 11.3. The second-order valence-corrected chi connectivity index (χ2v) is 6.34. The molecule has 3 N–H and O–H groups in total. The van der Waals surface area contributed by atoms with E-state index in [4.69, 9.17) is 0 Å². The zero-order chi connectivity index (χ0) is 12.2. The third-order valence-electron chi connectivity index (χ3n) is 5.39. The average Bonchev–Trinajstić information content (AvgIpc) is 2.26. The molecule has 4 bridgehead atoms. The minimum atomic E-state index is -1.91. The molecule has 0 heterocycles. The van der Waals surface area contributed by atoms with Gasteiger partial charge in [-0.1, -0.05) is 0 Å². The van der Waals surface area contributed by atoms with Crippen LogP contribution >= 0.6 is 0 Å². The summed E-state index contributed by atoms with van der Waals surface area (Å²) in [6.45, 7) is -0.657. The van der Waals surface area contributed by atoms with Crippen molar-refractivity contribution in [3.05, 3.63) is 0 Å². The van der Waals surface area contributed by atoms with Gasteiger partial charge in [0.05, 0.1) is 6.61 Å². The van der Waals surface area contributed by atoms with Crippen molar-refractivity contribution in [3.63, 3.8) is 0 Å². The van der Waals surface area contributed by atoms with Crippen molar-refractivity contribution in [1.29, 1.82) is 0 Å². The van der Waals surface area contributed by atoms with Gasteiger partial charge in [0.15, 0.2) is 5.60 Å². The van der Waals surface area contributed by atoms with E-state index in [2.05, 4.69) is 0 Å². The van der Waals surface area contributed by atoms with Crippen molar-refractivity contribution >= 4 is 5.97 Å². The van der Waals surface area contributed by atoms with Gasteiger partial charge in [0.25, 0.3) is 0 Å². The Morgan fingerprint density at radius 1 is 1.06 bits per heavy atom. The van der Waals surface area contributed by atoms with Crippen molar-refractivity contribution in [2.24, 2.45) is 29.6 Å². The van der Waals surface area contributed by atoms with Gasteiger partial charge >= 0.3 is 5.97 Å². The predicted octanol–water partition coefficient (Wildman–Crippen LogP) is 0.867. The first-order valence-corrected chi connectivity index (χ1v) is 6.61. The van der Waals surface area contributed by atoms with Crippen LogP contribution in [0.2, 0.25) is 0 Å². The SMILES string of the molecule is O=C(O)C(O)(CO)C1C2CC3CC(C2)CC1C3. The van der Waals surface area contributed by atoms with E-state index in [-0.39, 0.29) is 5.92 Å². The standard InChI is InChI=1S/C13H20O4/c14-6-13(17,12(15)16)11-9-2-7-1-8(4-9)5-10(11)3-7/h7-11,14,17H,1-6H2,(H,15,16). The number of aliphatic hydroxyl groups is 2. The molecule has 0 amide bonds. The Hall–Kier alpha value is -0.610. The predicted molar refractivity (Wildman–Crippen MR) is 60.2 cm³/mol. The van der Waals surface area contributed by atoms with Crippen molar-refractivity contribution < 1.29 is 20.1 Å². The lowest BCUT2D eigenvalue weighted by Crippen LogP contribution is -2.60. The fraction of sp³-hybridized carbons (Fsp3) is 0.923. The summed E-state index contributed by atoms with van der Waals surface area (Å²) in [5.41, 5.74) is -1.91. The van der Waals surface area contributed by atoms with Crippen LogP contribution in [-0.4, -0.2) is 33.5 Å². The lowest BCUT2D eigenvalue weighted by Gasteiger charge is -2.57. The zero-order valence-corrected chi connectivity index (χ0v) is 9.88. The van der Waals surface area contributed by atoms with Crippen LogP contribution in [0.5, 0.6) is 0 Å². The van der Waals surface area contributed by atoms with E-state index in [0.717, 1.165) is 37.5 Å². The molecule has 17 heavy (non-hydrogen) atoms. The molecular weight excluding hydrogens is 220 g/mol. The molecule has 0 aromatic rings. The largest absolute Gasteiger partial charge is 0.479 e. The molecule has 0 aliphatic heterocycles. The topological polar surface area (TPSA) is 77.8 Å². The Kier molecular flexibility index (Phi) is 2.49. The molecule has 4 aliphatic carbocycles. The van der Waals surface area contributed by atoms with Crippen LogP contribution in [0, 0.1) is 29.6 Å². The van der Waals surface area contributed by atoms with Crippen molar-refractivity contribution in [2.45, 2.75) is 37.7 Å². The Bertz CT molecular complexity index is 312. The Labute approximate surface area is 101 Å². The van der Waals surface area contributed by atoms with Crippen molar-refractivity contribution in [1.82, 2.24) is 0 Å². The number of hydrogen-bond donors (Lipinski definition) is 3. The maximum Gasteiger partial charge on any atom is 0.338 e. The van der Waals surface area contributed by atoms with Gasteiger partial charge in [0.2, 0.25) is 0 Å². The molecule has 1 atom stereocenters. The molecule has 1 unspecified atom stereocenters. The molecule has 0 spiro atoms. The van der Waals surface area contributed by atoms with Gasteiger partial charge in [-0.2, -0.15) is 0 Å². The number of carboxylic acid groups (broad SMARTS) is 1. The normalized spacial score (nSPS) is 46.8. The van der Waals surface area contributed by atoms with Gasteiger partial charge < -0.3 is 15.3 Å². The highest BCUT2D eigenvalue weighted by Crippen LogP contribution is 2.59. The van der Waals surface area contributed by atoms with Gasteiger partial charge in [-0.3, -0.25) is 0 Å². The van der Waals surface area contributed by atoms with E-state index in [1.807, 2.05) is 0 Å². The van der Waals surface area contributed by atoms with Crippen LogP contribution in [0.4, 0.5) is 0 Å². The van der Waals surface area contributed by atoms with E-state index in [9.17, 15) is 20.1 Å². The molecule has 4 aliphatic rings. The third-order valence-corrected chi connectivity index (χ3v) is 5.39. The quantitative estimate of drug-likeness (QED) is 0.684. The molecular formula is C13H20O4. The molecule has 4 saturated carbocycles. The van der Waals surface area contributed by atoms with Crippen LogP contribution in [-0.2, 0) is 4.79 Å². The Morgan fingerprint density at radius 2 is 1.53 bits per heavy atom. The van der Waals surface area contributed by atoms with E-state index < -0.39 is 18.2 Å². The summed E-state index contributed by atoms with van der Waals surface area (Å²) in [6, 6.07) is 0. The summed E-state index contributed by atoms with van der Waals surface area (Å²) in [6.07, 6.45) is 5.49. The van der Waals surface area contributed by atoms with Gasteiger partial charge in [-0.25, -0.2) is 4.79 Å². The van der Waals surface area contributed by atoms with E-state index in [1.165, 1.54) is 6.42 Å². The second kappa shape index (κ2) is 3.69. The van der Waals surface area contributed by atoms with Crippen molar-refractivity contribution in [2.75, 3.05) is 6.61 Å². The number of aliphatic carboxylic acids is 1. The first kappa shape index (κ1) is 11.5. The monoisotopic (exact) mass is 240 g/mol. The lowest BCUT2D eigenvalue weighted by atomic mass is 9.49. The lowest BCUT2D eigenvalue weighted by molar-refractivity contribution is -0.194. The number of carbonyl (C=O) groups is 1. The maximum atomic E-state index is 11.3. The maximum absolute atomic E-state index is 11.3.